The predicted octanol–water partition coefficient (Wildman–Crippen LogP) is 3.66. The molecule has 3 heteroatoms. The maximum atomic E-state index is 9.01. The zero-order valence-electron chi connectivity index (χ0n) is 14.2. The highest BCUT2D eigenvalue weighted by atomic mass is 15.3. The molecule has 0 radical (unpaired) electrons. The Hall–Kier alpha value is -2.57. The Morgan fingerprint density at radius 1 is 1.08 bits per heavy atom. The van der Waals surface area contributed by atoms with Gasteiger partial charge in [-0.05, 0) is 30.2 Å². The number of rotatable bonds is 4. The van der Waals surface area contributed by atoms with Gasteiger partial charge in [0.2, 0.25) is 0 Å². The molecule has 3 rings (SSSR count). The molecule has 3 nitrogen and oxygen atoms in total. The molecule has 0 spiro atoms. The minimum Gasteiger partial charge on any atom is -0.369 e. The number of nitriles is 1. The Morgan fingerprint density at radius 2 is 1.79 bits per heavy atom. The van der Waals surface area contributed by atoms with E-state index in [9.17, 15) is 0 Å². The molecule has 2 aromatic rings. The highest BCUT2D eigenvalue weighted by Crippen LogP contribution is 2.20. The quantitative estimate of drug-likeness (QED) is 0.862. The van der Waals surface area contributed by atoms with Crippen LogP contribution in [0.5, 0.6) is 0 Å². The molecule has 1 saturated heterocycles. The van der Waals surface area contributed by atoms with Gasteiger partial charge < -0.3 is 4.90 Å². The van der Waals surface area contributed by atoms with Crippen LogP contribution in [0.3, 0.4) is 0 Å². The third-order valence-electron chi connectivity index (χ3n) is 4.60. The van der Waals surface area contributed by atoms with Gasteiger partial charge in [-0.3, -0.25) is 4.90 Å². The number of piperazine rings is 1. The van der Waals surface area contributed by atoms with Crippen LogP contribution < -0.4 is 0 Å². The molecule has 1 heterocycles. The molecule has 1 aliphatic heterocycles. The van der Waals surface area contributed by atoms with Gasteiger partial charge in [0.15, 0.2) is 0 Å². The highest BCUT2D eigenvalue weighted by Gasteiger charge is 2.18. The normalized spacial score (nSPS) is 15.1. The van der Waals surface area contributed by atoms with Crippen molar-refractivity contribution in [3.05, 3.63) is 77.4 Å². The summed E-state index contributed by atoms with van der Waals surface area (Å²) in [5, 5.41) is 9.01. The Bertz CT molecular complexity index is 747. The lowest BCUT2D eigenvalue weighted by molar-refractivity contribution is 0.169. The van der Waals surface area contributed by atoms with Gasteiger partial charge >= 0.3 is 0 Å². The second kappa shape index (κ2) is 7.33. The number of benzene rings is 2. The van der Waals surface area contributed by atoms with E-state index >= 15 is 0 Å². The maximum absolute atomic E-state index is 9.01. The summed E-state index contributed by atoms with van der Waals surface area (Å²) in [6.45, 7) is 11.3. The molecule has 122 valence electrons. The maximum Gasteiger partial charge on any atom is 0.0991 e. The summed E-state index contributed by atoms with van der Waals surface area (Å²) in [6, 6.07) is 18.7. The summed E-state index contributed by atoms with van der Waals surface area (Å²) in [6.07, 6.45) is 0. The molecule has 0 amide bonds. The molecule has 1 fully saturated rings. The number of hydrogen-bond donors (Lipinski definition) is 0. The summed E-state index contributed by atoms with van der Waals surface area (Å²) in [7, 11) is 0. The Kier molecular flexibility index (Phi) is 4.98. The first kappa shape index (κ1) is 16.3. The molecule has 24 heavy (non-hydrogen) atoms. The topological polar surface area (TPSA) is 30.3 Å². The standard InChI is InChI=1S/C21H23N3/c1-17-6-8-21(9-7-17)18(2)24-12-10-23(11-13-24)16-20-5-3-4-19(14-20)15-22/h3-9,14H,2,10-13,16H2,1H3. The van der Waals surface area contributed by atoms with Gasteiger partial charge in [-0.25, -0.2) is 0 Å². The summed E-state index contributed by atoms with van der Waals surface area (Å²) in [5.41, 5.74) is 5.53. The van der Waals surface area contributed by atoms with Gasteiger partial charge in [0.25, 0.3) is 0 Å². The van der Waals surface area contributed by atoms with E-state index in [2.05, 4.69) is 59.7 Å². The average molecular weight is 317 g/mol. The van der Waals surface area contributed by atoms with E-state index in [1.807, 2.05) is 18.2 Å². The Labute approximate surface area is 144 Å². The SMILES string of the molecule is C=C(c1ccc(C)cc1)N1CCN(Cc2cccc(C#N)c2)CC1. The van der Waals surface area contributed by atoms with Crippen LogP contribution in [-0.2, 0) is 6.54 Å². The van der Waals surface area contributed by atoms with Crippen molar-refractivity contribution in [2.75, 3.05) is 26.2 Å². The molecule has 0 aliphatic carbocycles. The van der Waals surface area contributed by atoms with Crippen LogP contribution in [0.4, 0.5) is 0 Å². The lowest BCUT2D eigenvalue weighted by atomic mass is 10.1. The first-order chi connectivity index (χ1) is 11.7. The van der Waals surface area contributed by atoms with E-state index in [0.29, 0.717) is 0 Å². The lowest BCUT2D eigenvalue weighted by Crippen LogP contribution is -2.44. The largest absolute Gasteiger partial charge is 0.369 e. The van der Waals surface area contributed by atoms with Crippen molar-refractivity contribution < 1.29 is 0 Å². The van der Waals surface area contributed by atoms with Gasteiger partial charge in [0, 0.05) is 38.4 Å². The fourth-order valence-corrected chi connectivity index (χ4v) is 3.10. The summed E-state index contributed by atoms with van der Waals surface area (Å²) < 4.78 is 0. The number of aryl methyl sites for hydroxylation is 1. The second-order valence-electron chi connectivity index (χ2n) is 6.39. The minimum absolute atomic E-state index is 0.735. The van der Waals surface area contributed by atoms with Gasteiger partial charge in [0.05, 0.1) is 11.6 Å². The fourth-order valence-electron chi connectivity index (χ4n) is 3.10. The first-order valence-corrected chi connectivity index (χ1v) is 8.38. The zero-order chi connectivity index (χ0) is 16.9. The molecule has 0 saturated carbocycles. The Morgan fingerprint density at radius 3 is 2.46 bits per heavy atom. The summed E-state index contributed by atoms with van der Waals surface area (Å²) >= 11 is 0. The minimum atomic E-state index is 0.735. The number of nitrogens with zero attached hydrogens (tertiary/aromatic N) is 3. The van der Waals surface area contributed by atoms with Crippen molar-refractivity contribution >= 4 is 5.70 Å². The van der Waals surface area contributed by atoms with Crippen molar-refractivity contribution in [2.24, 2.45) is 0 Å². The lowest BCUT2D eigenvalue weighted by Gasteiger charge is -2.37. The molecule has 0 unspecified atom stereocenters. The fraction of sp³-hybridized carbons (Fsp3) is 0.286. The van der Waals surface area contributed by atoms with Crippen LogP contribution in [0, 0.1) is 18.3 Å². The van der Waals surface area contributed by atoms with Crippen molar-refractivity contribution in [1.82, 2.24) is 9.80 Å². The smallest absolute Gasteiger partial charge is 0.0991 e. The van der Waals surface area contributed by atoms with E-state index in [0.717, 1.165) is 44.0 Å². The van der Waals surface area contributed by atoms with Crippen molar-refractivity contribution in [3.63, 3.8) is 0 Å². The monoisotopic (exact) mass is 317 g/mol. The predicted molar refractivity (Wildman–Crippen MR) is 98.2 cm³/mol. The van der Waals surface area contributed by atoms with E-state index < -0.39 is 0 Å². The van der Waals surface area contributed by atoms with Crippen LogP contribution in [-0.4, -0.2) is 36.0 Å². The molecule has 0 N–H and O–H groups in total. The third kappa shape index (κ3) is 3.84. The first-order valence-electron chi connectivity index (χ1n) is 8.38. The van der Waals surface area contributed by atoms with Crippen molar-refractivity contribution in [1.29, 1.82) is 5.26 Å². The highest BCUT2D eigenvalue weighted by molar-refractivity contribution is 5.62. The van der Waals surface area contributed by atoms with Gasteiger partial charge in [0.1, 0.15) is 0 Å². The average Bonchev–Trinajstić information content (AvgIpc) is 2.62. The van der Waals surface area contributed by atoms with Gasteiger partial charge in [-0.15, -0.1) is 0 Å². The van der Waals surface area contributed by atoms with E-state index in [4.69, 9.17) is 5.26 Å². The number of hydrogen-bond acceptors (Lipinski definition) is 3. The van der Waals surface area contributed by atoms with E-state index in [1.54, 1.807) is 0 Å². The van der Waals surface area contributed by atoms with E-state index in [1.165, 1.54) is 16.7 Å². The molecule has 1 aliphatic rings. The van der Waals surface area contributed by atoms with Crippen LogP contribution in [0.25, 0.3) is 5.70 Å². The van der Waals surface area contributed by atoms with Crippen molar-refractivity contribution in [2.45, 2.75) is 13.5 Å². The summed E-state index contributed by atoms with van der Waals surface area (Å²) in [4.78, 5) is 4.81. The van der Waals surface area contributed by atoms with E-state index in [-0.39, 0.29) is 0 Å². The van der Waals surface area contributed by atoms with Crippen molar-refractivity contribution in [3.8, 4) is 6.07 Å². The van der Waals surface area contributed by atoms with Crippen LogP contribution in [0.15, 0.2) is 55.1 Å². The second-order valence-corrected chi connectivity index (χ2v) is 6.39. The third-order valence-corrected chi connectivity index (χ3v) is 4.60. The van der Waals surface area contributed by atoms with Gasteiger partial charge in [-0.1, -0.05) is 48.5 Å². The molecular weight excluding hydrogens is 294 g/mol. The van der Waals surface area contributed by atoms with Crippen LogP contribution in [0.2, 0.25) is 0 Å². The molecule has 0 atom stereocenters. The van der Waals surface area contributed by atoms with Crippen LogP contribution >= 0.6 is 0 Å². The molecular formula is C21H23N3. The molecule has 0 aromatic heterocycles. The summed E-state index contributed by atoms with van der Waals surface area (Å²) in [5.74, 6) is 0. The Balaban J connectivity index is 1.56. The molecule has 2 aromatic carbocycles. The molecule has 0 bridgehead atoms. The zero-order valence-corrected chi connectivity index (χ0v) is 14.2. The van der Waals surface area contributed by atoms with Gasteiger partial charge in [-0.2, -0.15) is 5.26 Å². The van der Waals surface area contributed by atoms with Crippen LogP contribution in [0.1, 0.15) is 22.3 Å².